The van der Waals surface area contributed by atoms with E-state index < -0.39 is 0 Å². The van der Waals surface area contributed by atoms with E-state index in [4.69, 9.17) is 6.57 Å². The van der Waals surface area contributed by atoms with Gasteiger partial charge in [-0.15, -0.1) is 0 Å². The van der Waals surface area contributed by atoms with Crippen molar-refractivity contribution in [1.29, 1.82) is 0 Å². The third-order valence-corrected chi connectivity index (χ3v) is 1.69. The van der Waals surface area contributed by atoms with Crippen molar-refractivity contribution in [3.63, 3.8) is 0 Å². The van der Waals surface area contributed by atoms with Crippen molar-refractivity contribution in [1.82, 2.24) is 0 Å². The van der Waals surface area contributed by atoms with Crippen LogP contribution in [0.2, 0.25) is 0 Å². The first-order valence-corrected chi connectivity index (χ1v) is 3.57. The summed E-state index contributed by atoms with van der Waals surface area (Å²) in [6, 6.07) is 7.68. The molecule has 0 aliphatic rings. The van der Waals surface area contributed by atoms with Crippen LogP contribution in [0, 0.1) is 10.1 Å². The van der Waals surface area contributed by atoms with Crippen LogP contribution in [0.3, 0.4) is 0 Å². The fourth-order valence-corrected chi connectivity index (χ4v) is 0.887. The minimum Gasteiger partial charge on any atom is -0.0443 e. The number of hydrogen-bond donors (Lipinski definition) is 0. The molecule has 44 valence electrons. The predicted molar refractivity (Wildman–Crippen MR) is 47.1 cm³/mol. The molecule has 1 aromatic rings. The SMILES string of the molecule is C#[N+]c1ccc(I)cc1. The van der Waals surface area contributed by atoms with E-state index >= 15 is 0 Å². The summed E-state index contributed by atoms with van der Waals surface area (Å²) in [6.45, 7) is 5.02. The molecule has 0 saturated heterocycles. The van der Waals surface area contributed by atoms with Crippen LogP contribution in [0.4, 0.5) is 5.69 Å². The minimum atomic E-state index is 0.815. The molecule has 0 bridgehead atoms. The van der Waals surface area contributed by atoms with Crippen LogP contribution in [0.15, 0.2) is 24.3 Å². The average molecular weight is 230 g/mol. The minimum absolute atomic E-state index is 0.815. The Morgan fingerprint density at radius 2 is 1.78 bits per heavy atom. The number of benzene rings is 1. The maximum atomic E-state index is 5.02. The summed E-state index contributed by atoms with van der Waals surface area (Å²) in [4.78, 5) is 3.51. The van der Waals surface area contributed by atoms with Crippen molar-refractivity contribution in [3.05, 3.63) is 32.7 Å². The largest absolute Gasteiger partial charge is 0.339 e. The highest BCUT2D eigenvalue weighted by atomic mass is 127. The first-order chi connectivity index (χ1) is 4.33. The fraction of sp³-hybridized carbons (Fsp3) is 0. The molecular weight excluding hydrogens is 225 g/mol. The molecule has 0 aromatic heterocycles. The molecule has 1 nitrogen and oxygen atoms in total. The van der Waals surface area contributed by atoms with Crippen LogP contribution in [0.1, 0.15) is 0 Å². The van der Waals surface area contributed by atoms with Gasteiger partial charge in [-0.3, -0.25) is 0 Å². The smallest absolute Gasteiger partial charge is 0.0443 e. The van der Waals surface area contributed by atoms with E-state index in [9.17, 15) is 0 Å². The normalized spacial score (nSPS) is 8.44. The lowest BCUT2D eigenvalue weighted by molar-refractivity contribution is 1.66. The van der Waals surface area contributed by atoms with E-state index in [-0.39, 0.29) is 0 Å². The first-order valence-electron chi connectivity index (χ1n) is 2.49. The van der Waals surface area contributed by atoms with Gasteiger partial charge in [0.05, 0.1) is 0 Å². The van der Waals surface area contributed by atoms with E-state index in [0.29, 0.717) is 0 Å². The Bertz CT molecular complexity index is 232. The third-order valence-electron chi connectivity index (χ3n) is 0.976. The highest BCUT2D eigenvalue weighted by molar-refractivity contribution is 14.1. The third kappa shape index (κ3) is 1.68. The second-order valence-electron chi connectivity index (χ2n) is 1.61. The van der Waals surface area contributed by atoms with Crippen molar-refractivity contribution in [3.8, 4) is 6.57 Å². The van der Waals surface area contributed by atoms with Gasteiger partial charge in [-0.05, 0) is 39.6 Å². The quantitative estimate of drug-likeness (QED) is 0.603. The Labute approximate surface area is 67.7 Å². The number of hydrogen-bond acceptors (Lipinski definition) is 0. The highest BCUT2D eigenvalue weighted by Crippen LogP contribution is 2.13. The average Bonchev–Trinajstić information content (AvgIpc) is 1.90. The Kier molecular flexibility index (Phi) is 2.06. The molecule has 0 fully saturated rings. The van der Waals surface area contributed by atoms with Crippen molar-refractivity contribution in [2.45, 2.75) is 0 Å². The van der Waals surface area contributed by atoms with Crippen LogP contribution >= 0.6 is 22.6 Å². The number of rotatable bonds is 0. The maximum absolute atomic E-state index is 5.02. The van der Waals surface area contributed by atoms with Crippen molar-refractivity contribution in [2.24, 2.45) is 0 Å². The van der Waals surface area contributed by atoms with Crippen molar-refractivity contribution in [2.75, 3.05) is 0 Å². The van der Waals surface area contributed by atoms with Gasteiger partial charge in [0, 0.05) is 15.7 Å². The molecule has 1 aromatic carbocycles. The van der Waals surface area contributed by atoms with Gasteiger partial charge in [0.15, 0.2) is 0 Å². The van der Waals surface area contributed by atoms with Crippen LogP contribution in [0.5, 0.6) is 0 Å². The summed E-state index contributed by atoms with van der Waals surface area (Å²) in [5.41, 5.74) is 0.815. The molecular formula is C7H5IN+. The zero-order chi connectivity index (χ0) is 6.69. The summed E-state index contributed by atoms with van der Waals surface area (Å²) in [7, 11) is 0. The monoisotopic (exact) mass is 230 g/mol. The lowest BCUT2D eigenvalue weighted by Gasteiger charge is -1.80. The van der Waals surface area contributed by atoms with Gasteiger partial charge in [-0.2, -0.15) is 0 Å². The van der Waals surface area contributed by atoms with Crippen molar-refractivity contribution < 1.29 is 0 Å². The predicted octanol–water partition coefficient (Wildman–Crippen LogP) is 2.89. The molecule has 0 spiro atoms. The van der Waals surface area contributed by atoms with Gasteiger partial charge in [0.1, 0.15) is 0 Å². The van der Waals surface area contributed by atoms with Crippen LogP contribution in [-0.2, 0) is 0 Å². The van der Waals surface area contributed by atoms with E-state index in [1.54, 1.807) is 0 Å². The molecule has 0 heterocycles. The summed E-state index contributed by atoms with van der Waals surface area (Å²) < 4.78 is 1.19. The molecule has 0 N–H and O–H groups in total. The Morgan fingerprint density at radius 1 is 1.22 bits per heavy atom. The molecule has 0 saturated carbocycles. The second kappa shape index (κ2) is 2.83. The second-order valence-corrected chi connectivity index (χ2v) is 2.85. The summed E-state index contributed by atoms with van der Waals surface area (Å²) >= 11 is 2.23. The lowest BCUT2D eigenvalue weighted by atomic mass is 10.3. The van der Waals surface area contributed by atoms with Gasteiger partial charge in [-0.1, -0.05) is 0 Å². The van der Waals surface area contributed by atoms with Crippen LogP contribution in [-0.4, -0.2) is 0 Å². The topological polar surface area (TPSA) is 4.36 Å². The lowest BCUT2D eigenvalue weighted by Crippen LogP contribution is -1.64. The first kappa shape index (κ1) is 6.56. The van der Waals surface area contributed by atoms with E-state index in [1.165, 1.54) is 3.57 Å². The zero-order valence-electron chi connectivity index (χ0n) is 4.71. The molecule has 0 aliphatic heterocycles. The fourth-order valence-electron chi connectivity index (χ4n) is 0.527. The number of nitrogens with zero attached hydrogens (tertiary/aromatic N) is 1. The van der Waals surface area contributed by atoms with Gasteiger partial charge >= 0.3 is 5.69 Å². The van der Waals surface area contributed by atoms with Gasteiger partial charge in [0.25, 0.3) is 6.57 Å². The highest BCUT2D eigenvalue weighted by Gasteiger charge is 1.95. The summed E-state index contributed by atoms with van der Waals surface area (Å²) in [5, 5.41) is 0. The van der Waals surface area contributed by atoms with E-state index in [1.807, 2.05) is 24.3 Å². The number of halogens is 1. The van der Waals surface area contributed by atoms with Gasteiger partial charge < -0.3 is 0 Å². The molecule has 2 heteroatoms. The molecule has 0 aliphatic carbocycles. The van der Waals surface area contributed by atoms with E-state index in [2.05, 4.69) is 27.4 Å². The summed E-state index contributed by atoms with van der Waals surface area (Å²) in [5.74, 6) is 0. The molecule has 0 radical (unpaired) electrons. The van der Waals surface area contributed by atoms with Crippen LogP contribution < -0.4 is 0 Å². The summed E-state index contributed by atoms with van der Waals surface area (Å²) in [6.07, 6.45) is 0. The maximum Gasteiger partial charge on any atom is 0.339 e. The molecule has 9 heavy (non-hydrogen) atoms. The molecule has 0 unspecified atom stereocenters. The molecule has 0 atom stereocenters. The standard InChI is InChI=1S/C7H5IN/c1-9-7-4-2-6(8)3-5-7/h1-5H/q+1. The van der Waals surface area contributed by atoms with Crippen molar-refractivity contribution >= 4 is 28.3 Å². The Morgan fingerprint density at radius 3 is 2.22 bits per heavy atom. The molecule has 0 amide bonds. The van der Waals surface area contributed by atoms with Gasteiger partial charge in [-0.25, -0.2) is 0 Å². The molecule has 1 rings (SSSR count). The Hall–Kier alpha value is -0.560. The van der Waals surface area contributed by atoms with Crippen LogP contribution in [0.25, 0.3) is 4.85 Å². The van der Waals surface area contributed by atoms with E-state index in [0.717, 1.165) is 5.69 Å². The zero-order valence-corrected chi connectivity index (χ0v) is 6.87. The Balaban J connectivity index is 3.06. The van der Waals surface area contributed by atoms with Gasteiger partial charge in [0.2, 0.25) is 0 Å².